The summed E-state index contributed by atoms with van der Waals surface area (Å²) in [7, 11) is 0. The minimum atomic E-state index is -0.656. The van der Waals surface area contributed by atoms with Crippen LogP contribution in [-0.2, 0) is 4.79 Å². The molecule has 0 radical (unpaired) electrons. The van der Waals surface area contributed by atoms with Gasteiger partial charge in [0.05, 0.1) is 0 Å². The summed E-state index contributed by atoms with van der Waals surface area (Å²) in [5.41, 5.74) is 0. The van der Waals surface area contributed by atoms with Gasteiger partial charge in [0.1, 0.15) is 0 Å². The van der Waals surface area contributed by atoms with E-state index in [1.165, 1.54) is 71.0 Å². The lowest BCUT2D eigenvalue weighted by Gasteiger charge is -2.13. The molecule has 0 spiro atoms. The Bertz CT molecular complexity index is 213. The van der Waals surface area contributed by atoms with Crippen molar-refractivity contribution in [1.82, 2.24) is 4.90 Å². The average Bonchev–Trinajstić information content (AvgIpc) is 2.84. The predicted octanol–water partition coefficient (Wildman–Crippen LogP) is 3.68. The van der Waals surface area contributed by atoms with Gasteiger partial charge < -0.3 is 10.0 Å². The van der Waals surface area contributed by atoms with E-state index in [-0.39, 0.29) is 0 Å². The summed E-state index contributed by atoms with van der Waals surface area (Å²) in [6.45, 7) is 3.95. The van der Waals surface area contributed by atoms with E-state index in [1.54, 1.807) is 0 Å². The maximum absolute atomic E-state index is 10.3. The summed E-state index contributed by atoms with van der Waals surface area (Å²) in [4.78, 5) is 12.9. The van der Waals surface area contributed by atoms with E-state index in [1.807, 2.05) is 0 Å². The predicted molar refractivity (Wildman–Crippen MR) is 74.9 cm³/mol. The maximum Gasteiger partial charge on any atom is 0.303 e. The number of likely N-dealkylation sites (tertiary alicyclic amines) is 1. The van der Waals surface area contributed by atoms with Crippen LogP contribution in [-0.4, -0.2) is 35.6 Å². The summed E-state index contributed by atoms with van der Waals surface area (Å²) in [6, 6.07) is 0. The van der Waals surface area contributed by atoms with Crippen molar-refractivity contribution in [1.29, 1.82) is 0 Å². The van der Waals surface area contributed by atoms with Crippen molar-refractivity contribution in [2.24, 2.45) is 0 Å². The van der Waals surface area contributed by atoms with E-state index in [0.717, 1.165) is 12.8 Å². The molecule has 0 amide bonds. The number of unbranched alkanes of at least 4 members (excludes halogenated alkanes) is 7. The summed E-state index contributed by atoms with van der Waals surface area (Å²) in [6.07, 6.45) is 13.0. The Morgan fingerprint density at radius 3 is 1.89 bits per heavy atom. The smallest absolute Gasteiger partial charge is 0.303 e. The lowest BCUT2D eigenvalue weighted by Crippen LogP contribution is -2.20. The quantitative estimate of drug-likeness (QED) is 0.573. The SMILES string of the molecule is O=C(O)CCCCCCCCCCN1CCCC1. The van der Waals surface area contributed by atoms with E-state index in [4.69, 9.17) is 5.11 Å². The Balaban J connectivity index is 1.72. The van der Waals surface area contributed by atoms with Crippen LogP contribution in [0.4, 0.5) is 0 Å². The second-order valence-electron chi connectivity index (χ2n) is 5.52. The minimum Gasteiger partial charge on any atom is -0.481 e. The van der Waals surface area contributed by atoms with Crippen LogP contribution >= 0.6 is 0 Å². The van der Waals surface area contributed by atoms with E-state index >= 15 is 0 Å². The number of carbonyl (C=O) groups is 1. The lowest BCUT2D eigenvalue weighted by molar-refractivity contribution is -0.137. The maximum atomic E-state index is 10.3. The molecular weight excluding hydrogens is 226 g/mol. The number of nitrogens with zero attached hydrogens (tertiary/aromatic N) is 1. The summed E-state index contributed by atoms with van der Waals surface area (Å²) in [5.74, 6) is -0.656. The van der Waals surface area contributed by atoms with E-state index in [0.29, 0.717) is 6.42 Å². The van der Waals surface area contributed by atoms with Gasteiger partial charge in [0.25, 0.3) is 0 Å². The molecule has 0 bridgehead atoms. The first kappa shape index (κ1) is 15.5. The second kappa shape index (κ2) is 10.4. The zero-order valence-corrected chi connectivity index (χ0v) is 11.7. The Hall–Kier alpha value is -0.570. The third kappa shape index (κ3) is 8.51. The molecule has 0 aromatic heterocycles. The van der Waals surface area contributed by atoms with Crippen molar-refractivity contribution in [2.45, 2.75) is 70.6 Å². The van der Waals surface area contributed by atoms with Crippen LogP contribution in [0.2, 0.25) is 0 Å². The number of hydrogen-bond acceptors (Lipinski definition) is 2. The molecule has 3 heteroatoms. The Morgan fingerprint density at radius 2 is 1.33 bits per heavy atom. The molecule has 18 heavy (non-hydrogen) atoms. The molecule has 0 unspecified atom stereocenters. The Labute approximate surface area is 112 Å². The van der Waals surface area contributed by atoms with Gasteiger partial charge >= 0.3 is 5.97 Å². The molecule has 1 fully saturated rings. The van der Waals surface area contributed by atoms with Crippen molar-refractivity contribution in [2.75, 3.05) is 19.6 Å². The van der Waals surface area contributed by atoms with Gasteiger partial charge in [-0.1, -0.05) is 38.5 Å². The molecular formula is C15H29NO2. The van der Waals surface area contributed by atoms with Crippen LogP contribution < -0.4 is 0 Å². The fourth-order valence-corrected chi connectivity index (χ4v) is 2.68. The molecule has 0 aliphatic carbocycles. The topological polar surface area (TPSA) is 40.5 Å². The Morgan fingerprint density at radius 1 is 0.833 bits per heavy atom. The zero-order chi connectivity index (χ0) is 13.1. The van der Waals surface area contributed by atoms with Gasteiger partial charge in [-0.15, -0.1) is 0 Å². The van der Waals surface area contributed by atoms with Gasteiger partial charge in [-0.2, -0.15) is 0 Å². The van der Waals surface area contributed by atoms with Crippen LogP contribution in [0, 0.1) is 0 Å². The highest BCUT2D eigenvalue weighted by Crippen LogP contribution is 2.12. The highest BCUT2D eigenvalue weighted by Gasteiger charge is 2.09. The standard InChI is InChI=1S/C15H29NO2/c17-15(18)11-7-5-3-1-2-4-6-8-12-16-13-9-10-14-16/h1-14H2,(H,17,18). The lowest BCUT2D eigenvalue weighted by atomic mass is 10.1. The summed E-state index contributed by atoms with van der Waals surface area (Å²) >= 11 is 0. The molecule has 1 aliphatic heterocycles. The number of carboxylic acids is 1. The van der Waals surface area contributed by atoms with Crippen molar-refractivity contribution >= 4 is 5.97 Å². The molecule has 1 saturated heterocycles. The van der Waals surface area contributed by atoms with Crippen LogP contribution in [0.3, 0.4) is 0 Å². The van der Waals surface area contributed by atoms with E-state index in [2.05, 4.69) is 4.90 Å². The number of aliphatic carboxylic acids is 1. The van der Waals surface area contributed by atoms with Gasteiger partial charge in [0.15, 0.2) is 0 Å². The largest absolute Gasteiger partial charge is 0.481 e. The molecule has 0 saturated carbocycles. The molecule has 1 rings (SSSR count). The first-order valence-corrected chi connectivity index (χ1v) is 7.73. The summed E-state index contributed by atoms with van der Waals surface area (Å²) in [5, 5.41) is 8.50. The normalized spacial score (nSPS) is 16.2. The first-order chi connectivity index (χ1) is 8.79. The van der Waals surface area contributed by atoms with E-state index in [9.17, 15) is 4.79 Å². The summed E-state index contributed by atoms with van der Waals surface area (Å²) < 4.78 is 0. The number of hydrogen-bond donors (Lipinski definition) is 1. The van der Waals surface area contributed by atoms with Crippen molar-refractivity contribution in [3.05, 3.63) is 0 Å². The zero-order valence-electron chi connectivity index (χ0n) is 11.7. The Kier molecular flexibility index (Phi) is 8.92. The van der Waals surface area contributed by atoms with Crippen LogP contribution in [0.25, 0.3) is 0 Å². The van der Waals surface area contributed by atoms with Gasteiger partial charge in [-0.3, -0.25) is 4.79 Å². The average molecular weight is 255 g/mol. The second-order valence-corrected chi connectivity index (χ2v) is 5.52. The van der Waals surface area contributed by atoms with Crippen LogP contribution in [0.5, 0.6) is 0 Å². The number of rotatable bonds is 11. The number of carboxylic acid groups (broad SMARTS) is 1. The van der Waals surface area contributed by atoms with E-state index < -0.39 is 5.97 Å². The molecule has 0 aromatic carbocycles. The molecule has 1 heterocycles. The third-order valence-corrected chi connectivity index (χ3v) is 3.81. The first-order valence-electron chi connectivity index (χ1n) is 7.73. The fraction of sp³-hybridized carbons (Fsp3) is 0.933. The molecule has 3 nitrogen and oxygen atoms in total. The van der Waals surface area contributed by atoms with Gasteiger partial charge in [-0.05, 0) is 45.3 Å². The monoisotopic (exact) mass is 255 g/mol. The van der Waals surface area contributed by atoms with Crippen LogP contribution in [0.15, 0.2) is 0 Å². The molecule has 0 atom stereocenters. The van der Waals surface area contributed by atoms with Crippen molar-refractivity contribution < 1.29 is 9.90 Å². The van der Waals surface area contributed by atoms with Crippen molar-refractivity contribution in [3.63, 3.8) is 0 Å². The molecule has 106 valence electrons. The van der Waals surface area contributed by atoms with Crippen molar-refractivity contribution in [3.8, 4) is 0 Å². The molecule has 1 N–H and O–H groups in total. The molecule has 0 aromatic rings. The van der Waals surface area contributed by atoms with Gasteiger partial charge in [0.2, 0.25) is 0 Å². The highest BCUT2D eigenvalue weighted by atomic mass is 16.4. The third-order valence-electron chi connectivity index (χ3n) is 3.81. The minimum absolute atomic E-state index is 0.343. The molecule has 1 aliphatic rings. The van der Waals surface area contributed by atoms with Gasteiger partial charge in [-0.25, -0.2) is 0 Å². The van der Waals surface area contributed by atoms with Crippen LogP contribution in [0.1, 0.15) is 70.6 Å². The van der Waals surface area contributed by atoms with Gasteiger partial charge in [0, 0.05) is 6.42 Å². The highest BCUT2D eigenvalue weighted by molar-refractivity contribution is 5.66. The fourth-order valence-electron chi connectivity index (χ4n) is 2.68.